The highest BCUT2D eigenvalue weighted by Crippen LogP contribution is 2.23. The second-order valence-electron chi connectivity index (χ2n) is 5.86. The lowest BCUT2D eigenvalue weighted by atomic mass is 10.1. The van der Waals surface area contributed by atoms with Gasteiger partial charge in [-0.25, -0.2) is 0 Å². The third-order valence-corrected chi connectivity index (χ3v) is 4.00. The lowest BCUT2D eigenvalue weighted by Crippen LogP contribution is -2.10. The molecule has 0 atom stereocenters. The van der Waals surface area contributed by atoms with Gasteiger partial charge in [-0.05, 0) is 49.1 Å². The van der Waals surface area contributed by atoms with Crippen molar-refractivity contribution in [2.75, 3.05) is 5.32 Å². The third-order valence-electron chi connectivity index (χ3n) is 4.00. The van der Waals surface area contributed by atoms with Crippen molar-refractivity contribution >= 4 is 22.6 Å². The first-order chi connectivity index (χ1) is 11.2. The van der Waals surface area contributed by atoms with Crippen LogP contribution in [0.3, 0.4) is 0 Å². The molecule has 0 spiro atoms. The SMILES string of the molecule is CCCCc1ccc(NC(=O)c2cc3cccc(C)c3o2)cc1. The number of furan rings is 1. The number of fused-ring (bicyclic) bond motifs is 1. The first-order valence-electron chi connectivity index (χ1n) is 8.07. The number of rotatable bonds is 5. The van der Waals surface area contributed by atoms with Crippen LogP contribution in [0, 0.1) is 6.92 Å². The average molecular weight is 307 g/mol. The Balaban J connectivity index is 1.73. The van der Waals surface area contributed by atoms with Crippen molar-refractivity contribution < 1.29 is 9.21 Å². The van der Waals surface area contributed by atoms with Crippen LogP contribution in [0.5, 0.6) is 0 Å². The maximum atomic E-state index is 12.3. The molecule has 3 heteroatoms. The molecule has 0 saturated heterocycles. The highest BCUT2D eigenvalue weighted by molar-refractivity contribution is 6.04. The summed E-state index contributed by atoms with van der Waals surface area (Å²) in [5.74, 6) is 0.117. The number of benzene rings is 2. The molecule has 0 saturated carbocycles. The highest BCUT2D eigenvalue weighted by atomic mass is 16.3. The van der Waals surface area contributed by atoms with Crippen molar-refractivity contribution in [3.8, 4) is 0 Å². The maximum Gasteiger partial charge on any atom is 0.291 e. The number of hydrogen-bond acceptors (Lipinski definition) is 2. The summed E-state index contributed by atoms with van der Waals surface area (Å²) in [7, 11) is 0. The second kappa shape index (κ2) is 6.69. The molecule has 0 aliphatic rings. The van der Waals surface area contributed by atoms with Gasteiger partial charge in [0.15, 0.2) is 5.76 Å². The summed E-state index contributed by atoms with van der Waals surface area (Å²) in [6, 6.07) is 15.7. The number of nitrogens with one attached hydrogen (secondary N) is 1. The van der Waals surface area contributed by atoms with E-state index in [1.165, 1.54) is 18.4 Å². The largest absolute Gasteiger partial charge is 0.451 e. The monoisotopic (exact) mass is 307 g/mol. The van der Waals surface area contributed by atoms with Crippen LogP contribution in [0.2, 0.25) is 0 Å². The van der Waals surface area contributed by atoms with Gasteiger partial charge in [-0.1, -0.05) is 43.7 Å². The third kappa shape index (κ3) is 3.45. The molecular weight excluding hydrogens is 286 g/mol. The fourth-order valence-corrected chi connectivity index (χ4v) is 2.65. The van der Waals surface area contributed by atoms with E-state index in [0.29, 0.717) is 5.76 Å². The molecule has 1 amide bonds. The number of hydrogen-bond donors (Lipinski definition) is 1. The normalized spacial score (nSPS) is 10.9. The molecule has 0 radical (unpaired) electrons. The van der Waals surface area contributed by atoms with Crippen LogP contribution in [-0.4, -0.2) is 5.91 Å². The van der Waals surface area contributed by atoms with Crippen molar-refractivity contribution in [1.82, 2.24) is 0 Å². The van der Waals surface area contributed by atoms with E-state index in [1.54, 1.807) is 6.07 Å². The van der Waals surface area contributed by atoms with Crippen molar-refractivity contribution in [1.29, 1.82) is 0 Å². The topological polar surface area (TPSA) is 42.2 Å². The summed E-state index contributed by atoms with van der Waals surface area (Å²) >= 11 is 0. The van der Waals surface area contributed by atoms with E-state index in [-0.39, 0.29) is 5.91 Å². The summed E-state index contributed by atoms with van der Waals surface area (Å²) in [4.78, 5) is 12.3. The lowest BCUT2D eigenvalue weighted by Gasteiger charge is -2.05. The van der Waals surface area contributed by atoms with Crippen LogP contribution in [0.25, 0.3) is 11.0 Å². The van der Waals surface area contributed by atoms with Crippen LogP contribution in [0.4, 0.5) is 5.69 Å². The van der Waals surface area contributed by atoms with E-state index < -0.39 is 0 Å². The van der Waals surface area contributed by atoms with Gasteiger partial charge in [0.05, 0.1) is 0 Å². The Bertz CT molecular complexity index is 815. The molecular formula is C20H21NO2. The van der Waals surface area contributed by atoms with Crippen LogP contribution in [-0.2, 0) is 6.42 Å². The molecule has 3 rings (SSSR count). The minimum Gasteiger partial charge on any atom is -0.451 e. The molecule has 3 nitrogen and oxygen atoms in total. The average Bonchev–Trinajstić information content (AvgIpc) is 3.00. The Morgan fingerprint density at radius 2 is 1.91 bits per heavy atom. The van der Waals surface area contributed by atoms with Gasteiger partial charge in [0, 0.05) is 11.1 Å². The molecule has 1 N–H and O–H groups in total. The first-order valence-corrected chi connectivity index (χ1v) is 8.07. The molecule has 0 bridgehead atoms. The van der Waals surface area contributed by atoms with Crippen molar-refractivity contribution in [3.05, 3.63) is 65.4 Å². The van der Waals surface area contributed by atoms with Gasteiger partial charge < -0.3 is 9.73 Å². The number of amides is 1. The Kier molecular flexibility index (Phi) is 4.47. The minimum atomic E-state index is -0.220. The van der Waals surface area contributed by atoms with Gasteiger partial charge in [-0.15, -0.1) is 0 Å². The molecule has 0 aliphatic heterocycles. The van der Waals surface area contributed by atoms with Crippen LogP contribution < -0.4 is 5.32 Å². The second-order valence-corrected chi connectivity index (χ2v) is 5.86. The molecule has 1 heterocycles. The Morgan fingerprint density at radius 1 is 1.13 bits per heavy atom. The van der Waals surface area contributed by atoms with Crippen LogP contribution >= 0.6 is 0 Å². The number of carbonyl (C=O) groups excluding carboxylic acids is 1. The zero-order valence-corrected chi connectivity index (χ0v) is 13.6. The van der Waals surface area contributed by atoms with Gasteiger partial charge >= 0.3 is 0 Å². The summed E-state index contributed by atoms with van der Waals surface area (Å²) < 4.78 is 5.70. The van der Waals surface area contributed by atoms with E-state index in [9.17, 15) is 4.79 Å². The Labute approximate surface area is 136 Å². The summed E-state index contributed by atoms with van der Waals surface area (Å²) in [6.07, 6.45) is 3.45. The zero-order valence-electron chi connectivity index (χ0n) is 13.6. The molecule has 0 aliphatic carbocycles. The van der Waals surface area contributed by atoms with Gasteiger partial charge in [0.25, 0.3) is 5.91 Å². The highest BCUT2D eigenvalue weighted by Gasteiger charge is 2.13. The minimum absolute atomic E-state index is 0.220. The Hall–Kier alpha value is -2.55. The number of para-hydroxylation sites is 1. The number of unbranched alkanes of at least 4 members (excludes halogenated alkanes) is 1. The maximum absolute atomic E-state index is 12.3. The Morgan fingerprint density at radius 3 is 2.61 bits per heavy atom. The summed E-state index contributed by atoms with van der Waals surface area (Å²) in [5.41, 5.74) is 3.88. The van der Waals surface area contributed by atoms with E-state index in [4.69, 9.17) is 4.42 Å². The fourth-order valence-electron chi connectivity index (χ4n) is 2.65. The van der Waals surface area contributed by atoms with Crippen molar-refractivity contribution in [3.63, 3.8) is 0 Å². The van der Waals surface area contributed by atoms with Crippen LogP contribution in [0.1, 0.15) is 41.4 Å². The molecule has 1 aromatic heterocycles. The predicted octanol–water partition coefficient (Wildman–Crippen LogP) is 5.34. The van der Waals surface area contributed by atoms with E-state index >= 15 is 0 Å². The fraction of sp³-hybridized carbons (Fsp3) is 0.250. The molecule has 0 fully saturated rings. The van der Waals surface area contributed by atoms with Gasteiger partial charge in [-0.3, -0.25) is 4.79 Å². The van der Waals surface area contributed by atoms with E-state index in [2.05, 4.69) is 24.4 Å². The standard InChI is InChI=1S/C20H21NO2/c1-3-4-7-15-9-11-17(12-10-15)21-20(22)18-13-16-8-5-6-14(2)19(16)23-18/h5-6,8-13H,3-4,7H2,1-2H3,(H,21,22). The molecule has 2 aromatic carbocycles. The first kappa shape index (κ1) is 15.3. The molecule has 0 unspecified atom stereocenters. The van der Waals surface area contributed by atoms with E-state index in [0.717, 1.165) is 28.6 Å². The lowest BCUT2D eigenvalue weighted by molar-refractivity contribution is 0.0998. The van der Waals surface area contributed by atoms with Crippen molar-refractivity contribution in [2.45, 2.75) is 33.1 Å². The van der Waals surface area contributed by atoms with Gasteiger partial charge in [0.2, 0.25) is 0 Å². The predicted molar refractivity (Wildman–Crippen MR) is 94.0 cm³/mol. The van der Waals surface area contributed by atoms with Gasteiger partial charge in [-0.2, -0.15) is 0 Å². The van der Waals surface area contributed by atoms with Crippen LogP contribution in [0.15, 0.2) is 52.9 Å². The van der Waals surface area contributed by atoms with Gasteiger partial charge in [0.1, 0.15) is 5.58 Å². The zero-order chi connectivity index (χ0) is 16.2. The number of carbonyl (C=O) groups is 1. The van der Waals surface area contributed by atoms with E-state index in [1.807, 2.05) is 37.3 Å². The summed E-state index contributed by atoms with van der Waals surface area (Å²) in [6.45, 7) is 4.16. The smallest absolute Gasteiger partial charge is 0.291 e. The van der Waals surface area contributed by atoms with Crippen molar-refractivity contribution in [2.24, 2.45) is 0 Å². The molecule has 118 valence electrons. The quantitative estimate of drug-likeness (QED) is 0.691. The summed E-state index contributed by atoms with van der Waals surface area (Å²) in [5, 5.41) is 3.84. The molecule has 3 aromatic rings. The number of anilines is 1. The number of aryl methyl sites for hydroxylation is 2. The molecule has 23 heavy (non-hydrogen) atoms.